The van der Waals surface area contributed by atoms with Gasteiger partial charge in [0.25, 0.3) is 5.69 Å². The van der Waals surface area contributed by atoms with Crippen molar-refractivity contribution in [2.45, 2.75) is 31.7 Å². The maximum absolute atomic E-state index is 12.3. The molecule has 0 unspecified atom stereocenters. The summed E-state index contributed by atoms with van der Waals surface area (Å²) in [7, 11) is -2.36. The molecule has 1 aromatic carbocycles. The first-order valence-corrected chi connectivity index (χ1v) is 7.44. The molecule has 7 nitrogen and oxygen atoms in total. The van der Waals surface area contributed by atoms with Crippen LogP contribution in [0.4, 0.5) is 5.69 Å². The Labute approximate surface area is 118 Å². The van der Waals surface area contributed by atoms with E-state index in [0.29, 0.717) is 11.1 Å². The minimum atomic E-state index is -3.83. The van der Waals surface area contributed by atoms with Crippen LogP contribution in [0, 0.1) is 24.0 Å². The minimum Gasteiger partial charge on any atom is -0.383 e. The molecule has 0 aromatic heterocycles. The van der Waals surface area contributed by atoms with Crippen LogP contribution in [-0.2, 0) is 14.8 Å². The van der Waals surface area contributed by atoms with Gasteiger partial charge < -0.3 is 4.74 Å². The SMILES string of the molecule is COC[C@H](C)NS(=O)(=O)c1cc([N+](=O)[O-])cc(C)c1C. The van der Waals surface area contributed by atoms with Crippen molar-refractivity contribution < 1.29 is 18.1 Å². The highest BCUT2D eigenvalue weighted by atomic mass is 32.2. The largest absolute Gasteiger partial charge is 0.383 e. The van der Waals surface area contributed by atoms with Gasteiger partial charge in [-0.1, -0.05) is 0 Å². The first-order valence-electron chi connectivity index (χ1n) is 5.96. The molecule has 0 radical (unpaired) electrons. The molecule has 1 aromatic rings. The fourth-order valence-corrected chi connectivity index (χ4v) is 3.37. The van der Waals surface area contributed by atoms with Crippen molar-refractivity contribution >= 4 is 15.7 Å². The number of nitrogens with one attached hydrogen (secondary N) is 1. The third kappa shape index (κ3) is 3.75. The molecule has 1 atom stereocenters. The summed E-state index contributed by atoms with van der Waals surface area (Å²) in [5, 5.41) is 10.8. The van der Waals surface area contributed by atoms with Gasteiger partial charge in [-0.05, 0) is 31.9 Å². The number of nitro benzene ring substituents is 1. The van der Waals surface area contributed by atoms with Gasteiger partial charge in [0, 0.05) is 25.3 Å². The lowest BCUT2D eigenvalue weighted by Crippen LogP contribution is -2.36. The summed E-state index contributed by atoms with van der Waals surface area (Å²) >= 11 is 0. The number of sulfonamides is 1. The molecule has 0 aliphatic rings. The summed E-state index contributed by atoms with van der Waals surface area (Å²) in [5.41, 5.74) is 0.805. The zero-order chi connectivity index (χ0) is 15.5. The Hall–Kier alpha value is -1.51. The van der Waals surface area contributed by atoms with Gasteiger partial charge >= 0.3 is 0 Å². The summed E-state index contributed by atoms with van der Waals surface area (Å²) in [5.74, 6) is 0. The van der Waals surface area contributed by atoms with E-state index in [1.807, 2.05) is 0 Å². The molecule has 1 rings (SSSR count). The van der Waals surface area contributed by atoms with Gasteiger partial charge in [-0.25, -0.2) is 13.1 Å². The quantitative estimate of drug-likeness (QED) is 0.634. The highest BCUT2D eigenvalue weighted by Gasteiger charge is 2.23. The topological polar surface area (TPSA) is 98.5 Å². The normalized spacial score (nSPS) is 13.2. The zero-order valence-corrected chi connectivity index (χ0v) is 12.7. The van der Waals surface area contributed by atoms with Crippen LogP contribution in [0.5, 0.6) is 0 Å². The molecule has 0 saturated heterocycles. The Balaban J connectivity index is 3.27. The summed E-state index contributed by atoms with van der Waals surface area (Å²) in [6.07, 6.45) is 0. The Bertz CT molecular complexity index is 613. The first-order chi connectivity index (χ1) is 9.19. The van der Waals surface area contributed by atoms with Crippen LogP contribution >= 0.6 is 0 Å². The summed E-state index contributed by atoms with van der Waals surface area (Å²) < 4.78 is 31.9. The van der Waals surface area contributed by atoms with Gasteiger partial charge in [-0.3, -0.25) is 10.1 Å². The second-order valence-corrected chi connectivity index (χ2v) is 6.30. The van der Waals surface area contributed by atoms with Crippen molar-refractivity contribution in [3.8, 4) is 0 Å². The number of rotatable bonds is 6. The average molecular weight is 302 g/mol. The molecule has 0 spiro atoms. The molecule has 0 heterocycles. The fourth-order valence-electron chi connectivity index (χ4n) is 1.81. The van der Waals surface area contributed by atoms with Gasteiger partial charge in [-0.15, -0.1) is 0 Å². The summed E-state index contributed by atoms with van der Waals surface area (Å²) in [4.78, 5) is 10.2. The number of hydrogen-bond donors (Lipinski definition) is 1. The maximum atomic E-state index is 12.3. The van der Waals surface area contributed by atoms with Gasteiger partial charge in [-0.2, -0.15) is 0 Å². The lowest BCUT2D eigenvalue weighted by atomic mass is 10.1. The fraction of sp³-hybridized carbons (Fsp3) is 0.500. The van der Waals surface area contributed by atoms with Crippen LogP contribution in [0.3, 0.4) is 0 Å². The van der Waals surface area contributed by atoms with Crippen molar-refractivity contribution in [2.75, 3.05) is 13.7 Å². The predicted molar refractivity (Wildman–Crippen MR) is 74.2 cm³/mol. The number of aryl methyl sites for hydroxylation is 1. The minimum absolute atomic E-state index is 0.0767. The van der Waals surface area contributed by atoms with Crippen LogP contribution in [0.1, 0.15) is 18.1 Å². The molecule has 20 heavy (non-hydrogen) atoms. The number of methoxy groups -OCH3 is 1. The van der Waals surface area contributed by atoms with Crippen molar-refractivity contribution in [3.05, 3.63) is 33.4 Å². The Kier molecular flexibility index (Phi) is 5.21. The number of ether oxygens (including phenoxy) is 1. The molecule has 1 N–H and O–H groups in total. The molecular weight excluding hydrogens is 284 g/mol. The highest BCUT2D eigenvalue weighted by Crippen LogP contribution is 2.25. The van der Waals surface area contributed by atoms with Gasteiger partial charge in [0.1, 0.15) is 0 Å². The number of nitrogens with zero attached hydrogens (tertiary/aromatic N) is 1. The summed E-state index contributed by atoms with van der Waals surface area (Å²) in [6, 6.07) is 2.00. The van der Waals surface area contributed by atoms with Crippen LogP contribution in [-0.4, -0.2) is 33.1 Å². The second kappa shape index (κ2) is 6.29. The van der Waals surface area contributed by atoms with E-state index >= 15 is 0 Å². The lowest BCUT2D eigenvalue weighted by molar-refractivity contribution is -0.385. The van der Waals surface area contributed by atoms with E-state index in [-0.39, 0.29) is 17.2 Å². The Morgan fingerprint density at radius 2 is 2.00 bits per heavy atom. The molecule has 0 fully saturated rings. The maximum Gasteiger partial charge on any atom is 0.271 e. The number of non-ortho nitro benzene ring substituents is 1. The molecule has 0 amide bonds. The molecule has 112 valence electrons. The van der Waals surface area contributed by atoms with E-state index < -0.39 is 21.0 Å². The molecule has 0 bridgehead atoms. The molecule has 0 aliphatic heterocycles. The number of hydrogen-bond acceptors (Lipinski definition) is 5. The molecule has 0 aliphatic carbocycles. The van der Waals surface area contributed by atoms with Crippen LogP contribution in [0.25, 0.3) is 0 Å². The molecule has 0 saturated carbocycles. The van der Waals surface area contributed by atoms with Crippen molar-refractivity contribution in [3.63, 3.8) is 0 Å². The smallest absolute Gasteiger partial charge is 0.271 e. The van der Waals surface area contributed by atoms with Crippen LogP contribution in [0.2, 0.25) is 0 Å². The second-order valence-electron chi connectivity index (χ2n) is 4.62. The van der Waals surface area contributed by atoms with E-state index in [1.54, 1.807) is 20.8 Å². The van der Waals surface area contributed by atoms with Crippen LogP contribution in [0.15, 0.2) is 17.0 Å². The van der Waals surface area contributed by atoms with E-state index in [2.05, 4.69) is 4.72 Å². The van der Waals surface area contributed by atoms with Crippen molar-refractivity contribution in [1.29, 1.82) is 0 Å². The predicted octanol–water partition coefficient (Wildman–Crippen LogP) is 1.52. The third-order valence-electron chi connectivity index (χ3n) is 2.88. The molecular formula is C12H18N2O5S. The standard InChI is InChI=1S/C12H18N2O5S/c1-8-5-11(14(15)16)6-12(10(8)3)20(17,18)13-9(2)7-19-4/h5-6,9,13H,7H2,1-4H3/t9-/m0/s1. The van der Waals surface area contributed by atoms with E-state index in [1.165, 1.54) is 13.2 Å². The lowest BCUT2D eigenvalue weighted by Gasteiger charge is -2.15. The summed E-state index contributed by atoms with van der Waals surface area (Å²) in [6.45, 7) is 5.13. The Morgan fingerprint density at radius 3 is 2.50 bits per heavy atom. The van der Waals surface area contributed by atoms with Crippen molar-refractivity contribution in [1.82, 2.24) is 4.72 Å². The average Bonchev–Trinajstić information content (AvgIpc) is 2.31. The number of benzene rings is 1. The zero-order valence-electron chi connectivity index (χ0n) is 11.8. The van der Waals surface area contributed by atoms with Crippen LogP contribution < -0.4 is 4.72 Å². The molecule has 8 heteroatoms. The van der Waals surface area contributed by atoms with E-state index in [0.717, 1.165) is 6.07 Å². The van der Waals surface area contributed by atoms with E-state index in [9.17, 15) is 18.5 Å². The van der Waals surface area contributed by atoms with Gasteiger partial charge in [0.15, 0.2) is 0 Å². The highest BCUT2D eigenvalue weighted by molar-refractivity contribution is 7.89. The monoisotopic (exact) mass is 302 g/mol. The first kappa shape index (κ1) is 16.5. The van der Waals surface area contributed by atoms with Gasteiger partial charge in [0.2, 0.25) is 10.0 Å². The number of nitro groups is 1. The third-order valence-corrected chi connectivity index (χ3v) is 4.59. The Morgan fingerprint density at radius 1 is 1.40 bits per heavy atom. The van der Waals surface area contributed by atoms with Gasteiger partial charge in [0.05, 0.1) is 16.4 Å². The van der Waals surface area contributed by atoms with E-state index in [4.69, 9.17) is 4.74 Å². The van der Waals surface area contributed by atoms with Crippen molar-refractivity contribution in [2.24, 2.45) is 0 Å².